The van der Waals surface area contributed by atoms with Crippen LogP contribution in [0.3, 0.4) is 0 Å². The number of methoxy groups -OCH3 is 1. The fraction of sp³-hybridized carbons (Fsp3) is 0.650. The third kappa shape index (κ3) is 7.77. The van der Waals surface area contributed by atoms with Crippen molar-refractivity contribution in [2.24, 2.45) is 4.99 Å². The smallest absolute Gasteiger partial charge is 0.214 e. The number of sulfonamides is 1. The zero-order valence-corrected chi connectivity index (χ0v) is 21.5. The van der Waals surface area contributed by atoms with Gasteiger partial charge in [0, 0.05) is 32.7 Å². The minimum atomic E-state index is -3.11. The number of benzene rings is 1. The van der Waals surface area contributed by atoms with Gasteiger partial charge in [0.2, 0.25) is 10.0 Å². The molecular weight excluding hydrogens is 519 g/mol. The summed E-state index contributed by atoms with van der Waals surface area (Å²) in [4.78, 5) is 4.29. The van der Waals surface area contributed by atoms with Gasteiger partial charge in [0.05, 0.1) is 19.5 Å². The third-order valence-electron chi connectivity index (χ3n) is 4.86. The molecule has 0 atom stereocenters. The summed E-state index contributed by atoms with van der Waals surface area (Å²) in [5, 5.41) is 6.72. The first-order chi connectivity index (χ1) is 13.9. The summed E-state index contributed by atoms with van der Waals surface area (Å²) in [6.45, 7) is 6.09. The highest BCUT2D eigenvalue weighted by molar-refractivity contribution is 14.0. The van der Waals surface area contributed by atoms with Gasteiger partial charge in [-0.3, -0.25) is 4.99 Å². The second-order valence-corrected chi connectivity index (χ2v) is 9.07. The molecule has 1 aromatic rings. The lowest BCUT2D eigenvalue weighted by molar-refractivity contribution is 0.306. The number of aliphatic imine (C=N–C) groups is 1. The van der Waals surface area contributed by atoms with E-state index in [2.05, 4.69) is 15.6 Å². The molecule has 0 aromatic heterocycles. The van der Waals surface area contributed by atoms with E-state index in [1.807, 2.05) is 32.0 Å². The molecule has 8 nitrogen and oxygen atoms in total. The lowest BCUT2D eigenvalue weighted by atomic mass is 10.1. The average Bonchev–Trinajstić information content (AvgIpc) is 2.72. The molecule has 0 bridgehead atoms. The number of rotatable bonds is 9. The molecule has 2 N–H and O–H groups in total. The molecule has 1 fully saturated rings. The van der Waals surface area contributed by atoms with Crippen LogP contribution in [-0.4, -0.2) is 64.3 Å². The van der Waals surface area contributed by atoms with E-state index in [0.717, 1.165) is 24.2 Å². The van der Waals surface area contributed by atoms with Crippen molar-refractivity contribution in [1.29, 1.82) is 0 Å². The van der Waals surface area contributed by atoms with E-state index in [9.17, 15) is 8.42 Å². The number of ether oxygens (including phenoxy) is 2. The minimum Gasteiger partial charge on any atom is -0.493 e. The van der Waals surface area contributed by atoms with E-state index in [0.29, 0.717) is 44.4 Å². The average molecular weight is 554 g/mol. The number of hydrogen-bond acceptors (Lipinski definition) is 5. The van der Waals surface area contributed by atoms with Gasteiger partial charge in [-0.2, -0.15) is 0 Å². The van der Waals surface area contributed by atoms with Gasteiger partial charge in [-0.25, -0.2) is 12.7 Å². The number of halogens is 1. The molecule has 1 aliphatic heterocycles. The van der Waals surface area contributed by atoms with Crippen LogP contribution in [0.4, 0.5) is 0 Å². The van der Waals surface area contributed by atoms with Crippen LogP contribution in [0.5, 0.6) is 11.5 Å². The lowest BCUT2D eigenvalue weighted by Gasteiger charge is -2.32. The standard InChI is InChI=1S/C20H34N4O4S.HI/c1-5-13-29(25,26)24-11-9-17(10-12-24)23-20(21-3)22-15-16-7-8-18(27-4)19(14-16)28-6-2;/h7-8,14,17H,5-6,9-13,15H2,1-4H3,(H2,21,22,23);1H. The van der Waals surface area contributed by atoms with Crippen molar-refractivity contribution in [1.82, 2.24) is 14.9 Å². The normalized spacial score (nSPS) is 15.9. The van der Waals surface area contributed by atoms with E-state index >= 15 is 0 Å². The summed E-state index contributed by atoms with van der Waals surface area (Å²) in [6, 6.07) is 6.03. The Morgan fingerprint density at radius 1 is 1.23 bits per heavy atom. The second-order valence-electron chi connectivity index (χ2n) is 6.98. The Morgan fingerprint density at radius 2 is 1.93 bits per heavy atom. The predicted molar refractivity (Wildman–Crippen MR) is 132 cm³/mol. The first-order valence-electron chi connectivity index (χ1n) is 10.2. The Morgan fingerprint density at radius 3 is 2.50 bits per heavy atom. The summed E-state index contributed by atoms with van der Waals surface area (Å²) in [5.74, 6) is 2.36. The van der Waals surface area contributed by atoms with Crippen LogP contribution in [0.2, 0.25) is 0 Å². The maximum absolute atomic E-state index is 12.2. The maximum Gasteiger partial charge on any atom is 0.214 e. The van der Waals surface area contributed by atoms with Crippen molar-refractivity contribution < 1.29 is 17.9 Å². The lowest BCUT2D eigenvalue weighted by Crippen LogP contribution is -2.49. The summed E-state index contributed by atoms with van der Waals surface area (Å²) in [5.41, 5.74) is 1.05. The molecule has 0 spiro atoms. The molecule has 1 aliphatic rings. The van der Waals surface area contributed by atoms with Crippen molar-refractivity contribution in [3.8, 4) is 11.5 Å². The number of nitrogens with zero attached hydrogens (tertiary/aromatic N) is 2. The second kappa shape index (κ2) is 13.2. The van der Waals surface area contributed by atoms with Crippen LogP contribution >= 0.6 is 24.0 Å². The van der Waals surface area contributed by atoms with Crippen LogP contribution in [-0.2, 0) is 16.6 Å². The first kappa shape index (κ1) is 26.8. The maximum atomic E-state index is 12.2. The highest BCUT2D eigenvalue weighted by Gasteiger charge is 2.27. The molecule has 10 heteroatoms. The molecule has 1 saturated heterocycles. The SMILES string of the molecule is CCCS(=O)(=O)N1CCC(NC(=NC)NCc2ccc(OC)c(OCC)c2)CC1.I. The molecule has 1 heterocycles. The van der Waals surface area contributed by atoms with Gasteiger partial charge in [0.1, 0.15) is 0 Å². The van der Waals surface area contributed by atoms with Gasteiger partial charge >= 0.3 is 0 Å². The molecule has 0 saturated carbocycles. The van der Waals surface area contributed by atoms with E-state index in [1.54, 1.807) is 18.5 Å². The first-order valence-corrected chi connectivity index (χ1v) is 11.8. The number of hydrogen-bond donors (Lipinski definition) is 2. The Labute approximate surface area is 197 Å². The Bertz CT molecular complexity index is 781. The molecule has 0 radical (unpaired) electrons. The summed E-state index contributed by atoms with van der Waals surface area (Å²) >= 11 is 0. The van der Waals surface area contributed by atoms with E-state index in [1.165, 1.54) is 0 Å². The third-order valence-corrected chi connectivity index (χ3v) is 6.94. The number of guanidine groups is 1. The number of nitrogens with one attached hydrogen (secondary N) is 2. The fourth-order valence-electron chi connectivity index (χ4n) is 3.34. The van der Waals surface area contributed by atoms with Gasteiger partial charge in [-0.1, -0.05) is 13.0 Å². The highest BCUT2D eigenvalue weighted by Crippen LogP contribution is 2.28. The van der Waals surface area contributed by atoms with Crippen LogP contribution in [0.15, 0.2) is 23.2 Å². The largest absolute Gasteiger partial charge is 0.493 e. The van der Waals surface area contributed by atoms with Crippen molar-refractivity contribution in [3.05, 3.63) is 23.8 Å². The molecule has 30 heavy (non-hydrogen) atoms. The molecular formula is C20H35IN4O4S. The fourth-order valence-corrected chi connectivity index (χ4v) is 4.88. The van der Waals surface area contributed by atoms with E-state index in [4.69, 9.17) is 9.47 Å². The molecule has 0 aliphatic carbocycles. The quantitative estimate of drug-likeness (QED) is 0.277. The van der Waals surface area contributed by atoms with Crippen LogP contribution in [0, 0.1) is 0 Å². The van der Waals surface area contributed by atoms with Crippen molar-refractivity contribution >= 4 is 40.0 Å². The molecule has 1 aromatic carbocycles. The highest BCUT2D eigenvalue weighted by atomic mass is 127. The molecule has 0 unspecified atom stereocenters. The van der Waals surface area contributed by atoms with E-state index in [-0.39, 0.29) is 35.8 Å². The Hall–Kier alpha value is -1.27. The van der Waals surface area contributed by atoms with Crippen LogP contribution in [0.25, 0.3) is 0 Å². The van der Waals surface area contributed by atoms with Gasteiger partial charge in [0.15, 0.2) is 17.5 Å². The van der Waals surface area contributed by atoms with Gasteiger partial charge in [-0.05, 0) is 43.9 Å². The molecule has 0 amide bonds. The van der Waals surface area contributed by atoms with Crippen LogP contribution in [0.1, 0.15) is 38.7 Å². The van der Waals surface area contributed by atoms with Crippen molar-refractivity contribution in [2.45, 2.75) is 45.7 Å². The monoisotopic (exact) mass is 554 g/mol. The number of piperidine rings is 1. The minimum absolute atomic E-state index is 0. The Kier molecular flexibility index (Phi) is 11.8. The van der Waals surface area contributed by atoms with Gasteiger partial charge in [-0.15, -0.1) is 24.0 Å². The van der Waals surface area contributed by atoms with Crippen LogP contribution < -0.4 is 20.1 Å². The van der Waals surface area contributed by atoms with Gasteiger partial charge in [0.25, 0.3) is 0 Å². The van der Waals surface area contributed by atoms with Gasteiger partial charge < -0.3 is 20.1 Å². The summed E-state index contributed by atoms with van der Waals surface area (Å²) in [6.07, 6.45) is 2.18. The zero-order chi connectivity index (χ0) is 21.3. The van der Waals surface area contributed by atoms with Crippen molar-refractivity contribution in [2.75, 3.05) is 39.6 Å². The zero-order valence-electron chi connectivity index (χ0n) is 18.3. The molecule has 172 valence electrons. The summed E-state index contributed by atoms with van der Waals surface area (Å²) < 4.78 is 37.0. The van der Waals surface area contributed by atoms with Crippen molar-refractivity contribution in [3.63, 3.8) is 0 Å². The Balaban J connectivity index is 0.00000450. The molecule has 2 rings (SSSR count). The van der Waals surface area contributed by atoms with E-state index < -0.39 is 10.0 Å². The predicted octanol–water partition coefficient (Wildman–Crippen LogP) is 2.58. The summed E-state index contributed by atoms with van der Waals surface area (Å²) in [7, 11) is 0.243. The topological polar surface area (TPSA) is 92.3 Å².